The van der Waals surface area contributed by atoms with Crippen LogP contribution >= 0.6 is 11.3 Å². The minimum absolute atomic E-state index is 0.204. The highest BCUT2D eigenvalue weighted by Gasteiger charge is 2.31. The Bertz CT molecular complexity index is 672. The van der Waals surface area contributed by atoms with Crippen molar-refractivity contribution in [3.05, 3.63) is 11.4 Å². The van der Waals surface area contributed by atoms with Crippen molar-refractivity contribution in [3.8, 4) is 0 Å². The Hall–Kier alpha value is -0.680. The van der Waals surface area contributed by atoms with Crippen LogP contribution in [0.2, 0.25) is 0 Å². The third-order valence-electron chi connectivity index (χ3n) is 3.02. The molecule has 0 atom stereocenters. The molecule has 1 aliphatic heterocycles. The first-order chi connectivity index (χ1) is 9.18. The van der Waals surface area contributed by atoms with Gasteiger partial charge in [-0.25, -0.2) is 21.6 Å². The molecule has 114 valence electrons. The van der Waals surface area contributed by atoms with Crippen LogP contribution in [0.5, 0.6) is 0 Å². The van der Waals surface area contributed by atoms with Gasteiger partial charge in [0.2, 0.25) is 10.0 Å². The molecule has 0 bridgehead atoms. The topological polar surface area (TPSA) is 110 Å². The predicted molar refractivity (Wildman–Crippen MR) is 78.5 cm³/mol. The Labute approximate surface area is 122 Å². The Morgan fingerprint density at radius 3 is 2.35 bits per heavy atom. The lowest BCUT2D eigenvalue weighted by Crippen LogP contribution is -2.46. The molecule has 0 aliphatic carbocycles. The summed E-state index contributed by atoms with van der Waals surface area (Å²) in [5, 5.41) is 1.59. The van der Waals surface area contributed by atoms with Crippen molar-refractivity contribution in [2.45, 2.75) is 23.1 Å². The largest absolute Gasteiger partial charge is 0.398 e. The van der Waals surface area contributed by atoms with Crippen LogP contribution in [-0.2, 0) is 20.0 Å². The first-order valence-electron chi connectivity index (χ1n) is 6.00. The van der Waals surface area contributed by atoms with Crippen molar-refractivity contribution in [2.75, 3.05) is 25.1 Å². The van der Waals surface area contributed by atoms with E-state index >= 15 is 0 Å². The second-order valence-electron chi connectivity index (χ2n) is 4.77. The Balaban J connectivity index is 2.04. The number of sulfonamides is 2. The Kier molecular flexibility index (Phi) is 4.40. The highest BCUT2D eigenvalue weighted by Crippen LogP contribution is 2.27. The molecule has 0 aromatic carbocycles. The lowest BCUT2D eigenvalue weighted by Gasteiger charge is -2.30. The molecule has 2 rings (SSSR count). The molecular weight excluding hydrogens is 322 g/mol. The van der Waals surface area contributed by atoms with Crippen LogP contribution in [0.25, 0.3) is 0 Å². The maximum atomic E-state index is 12.3. The first-order valence-corrected chi connectivity index (χ1v) is 10.2. The van der Waals surface area contributed by atoms with E-state index in [1.165, 1.54) is 10.4 Å². The van der Waals surface area contributed by atoms with Crippen LogP contribution in [0.15, 0.2) is 15.7 Å². The number of hydrogen-bond donors (Lipinski definition) is 2. The monoisotopic (exact) mass is 339 g/mol. The zero-order valence-electron chi connectivity index (χ0n) is 10.9. The molecule has 0 amide bonds. The van der Waals surface area contributed by atoms with Gasteiger partial charge in [-0.3, -0.25) is 0 Å². The number of nitrogens with zero attached hydrogens (tertiary/aromatic N) is 1. The minimum atomic E-state index is -3.51. The summed E-state index contributed by atoms with van der Waals surface area (Å²) >= 11 is 1.09. The van der Waals surface area contributed by atoms with Gasteiger partial charge in [-0.15, -0.1) is 11.3 Å². The molecule has 0 unspecified atom stereocenters. The Morgan fingerprint density at radius 2 is 1.90 bits per heavy atom. The van der Waals surface area contributed by atoms with Gasteiger partial charge >= 0.3 is 0 Å². The summed E-state index contributed by atoms with van der Waals surface area (Å²) in [4.78, 5) is 0. The van der Waals surface area contributed by atoms with Gasteiger partial charge in [0.05, 0.1) is 6.26 Å². The smallest absolute Gasteiger partial charge is 0.252 e. The van der Waals surface area contributed by atoms with Crippen molar-refractivity contribution in [2.24, 2.45) is 0 Å². The highest BCUT2D eigenvalue weighted by atomic mass is 32.2. The molecule has 10 heteroatoms. The molecule has 1 saturated heterocycles. The fourth-order valence-corrected chi connectivity index (χ4v) is 5.65. The van der Waals surface area contributed by atoms with Gasteiger partial charge in [-0.1, -0.05) is 0 Å². The van der Waals surface area contributed by atoms with Crippen LogP contribution in [0.3, 0.4) is 0 Å². The average molecular weight is 339 g/mol. The molecule has 1 aromatic heterocycles. The minimum Gasteiger partial charge on any atom is -0.398 e. The average Bonchev–Trinajstić information content (AvgIpc) is 2.75. The normalized spacial score (nSPS) is 19.2. The number of hydrogen-bond acceptors (Lipinski definition) is 6. The van der Waals surface area contributed by atoms with E-state index in [1.54, 1.807) is 5.38 Å². The van der Waals surface area contributed by atoms with Crippen molar-refractivity contribution in [1.29, 1.82) is 0 Å². The van der Waals surface area contributed by atoms with E-state index in [-0.39, 0.29) is 10.3 Å². The first kappa shape index (κ1) is 15.7. The molecule has 1 aliphatic rings. The molecule has 0 saturated carbocycles. The summed E-state index contributed by atoms with van der Waals surface area (Å²) in [5.41, 5.74) is 5.98. The molecule has 1 fully saturated rings. The van der Waals surface area contributed by atoms with Gasteiger partial charge in [0.25, 0.3) is 10.0 Å². The third kappa shape index (κ3) is 3.70. The van der Waals surface area contributed by atoms with E-state index in [4.69, 9.17) is 5.73 Å². The number of nitrogen functional groups attached to an aromatic ring is 1. The maximum absolute atomic E-state index is 12.3. The van der Waals surface area contributed by atoms with Crippen molar-refractivity contribution in [1.82, 2.24) is 9.03 Å². The second kappa shape index (κ2) is 5.60. The van der Waals surface area contributed by atoms with E-state index in [0.29, 0.717) is 31.6 Å². The van der Waals surface area contributed by atoms with Gasteiger partial charge in [0.1, 0.15) is 4.21 Å². The van der Waals surface area contributed by atoms with Crippen molar-refractivity contribution < 1.29 is 16.8 Å². The molecular formula is C10H17N3O4S3. The van der Waals surface area contributed by atoms with Gasteiger partial charge in [-0.05, 0) is 18.9 Å². The summed E-state index contributed by atoms with van der Waals surface area (Å²) in [5.74, 6) is 0. The quantitative estimate of drug-likeness (QED) is 0.804. The molecule has 7 nitrogen and oxygen atoms in total. The van der Waals surface area contributed by atoms with E-state index in [2.05, 4.69) is 4.72 Å². The zero-order chi connectivity index (χ0) is 15.0. The maximum Gasteiger partial charge on any atom is 0.252 e. The molecule has 1 aromatic rings. The summed E-state index contributed by atoms with van der Waals surface area (Å²) in [7, 11) is -6.77. The molecule has 0 radical (unpaired) electrons. The summed E-state index contributed by atoms with van der Waals surface area (Å²) in [6.45, 7) is 0.598. The van der Waals surface area contributed by atoms with Crippen LogP contribution in [0.4, 0.5) is 5.69 Å². The molecule has 20 heavy (non-hydrogen) atoms. The van der Waals surface area contributed by atoms with Gasteiger partial charge in [-0.2, -0.15) is 4.31 Å². The predicted octanol–water partition coefficient (Wildman–Crippen LogP) is 0.0326. The van der Waals surface area contributed by atoms with E-state index < -0.39 is 20.0 Å². The van der Waals surface area contributed by atoms with Crippen LogP contribution in [0.1, 0.15) is 12.8 Å². The number of piperidine rings is 1. The zero-order valence-corrected chi connectivity index (χ0v) is 13.4. The fourth-order valence-electron chi connectivity index (χ4n) is 2.11. The van der Waals surface area contributed by atoms with Crippen molar-refractivity contribution >= 4 is 37.1 Å². The number of anilines is 1. The highest BCUT2D eigenvalue weighted by molar-refractivity contribution is 7.91. The Morgan fingerprint density at radius 1 is 1.30 bits per heavy atom. The second-order valence-corrected chi connectivity index (χ2v) is 9.62. The standard InChI is InChI=1S/C10H17N3O4S3/c1-19(14,15)12-9-2-4-13(5-3-9)20(16,17)10-6-8(11)7-18-10/h6-7,9,12H,2-5,11H2,1H3. The lowest BCUT2D eigenvalue weighted by molar-refractivity contribution is 0.309. The van der Waals surface area contributed by atoms with Gasteiger partial charge in [0, 0.05) is 30.2 Å². The third-order valence-corrected chi connectivity index (χ3v) is 7.12. The SMILES string of the molecule is CS(=O)(=O)NC1CCN(S(=O)(=O)c2cc(N)cs2)CC1. The molecule has 3 N–H and O–H groups in total. The van der Waals surface area contributed by atoms with E-state index in [0.717, 1.165) is 17.6 Å². The lowest BCUT2D eigenvalue weighted by atomic mass is 10.1. The van der Waals surface area contributed by atoms with Gasteiger partial charge in [0.15, 0.2) is 0 Å². The molecule has 0 spiro atoms. The summed E-state index contributed by atoms with van der Waals surface area (Å²) in [6.07, 6.45) is 2.03. The number of rotatable bonds is 4. The van der Waals surface area contributed by atoms with Crippen LogP contribution in [0, 0.1) is 0 Å². The van der Waals surface area contributed by atoms with Crippen LogP contribution in [-0.4, -0.2) is 46.5 Å². The summed E-state index contributed by atoms with van der Waals surface area (Å²) < 4.78 is 51.1. The number of nitrogens with one attached hydrogen (secondary N) is 1. The fraction of sp³-hybridized carbons (Fsp3) is 0.600. The summed E-state index contributed by atoms with van der Waals surface area (Å²) in [6, 6.07) is 1.24. The van der Waals surface area contributed by atoms with Gasteiger partial charge < -0.3 is 5.73 Å². The van der Waals surface area contributed by atoms with Crippen LogP contribution < -0.4 is 10.5 Å². The molecule has 2 heterocycles. The number of nitrogens with two attached hydrogens (primary N) is 1. The van der Waals surface area contributed by atoms with Crippen molar-refractivity contribution in [3.63, 3.8) is 0 Å². The van der Waals surface area contributed by atoms with E-state index in [9.17, 15) is 16.8 Å². The number of thiophene rings is 1. The van der Waals surface area contributed by atoms with E-state index in [1.807, 2.05) is 0 Å².